The van der Waals surface area contributed by atoms with Crippen LogP contribution in [0.2, 0.25) is 0 Å². The van der Waals surface area contributed by atoms with Gasteiger partial charge in [-0.15, -0.1) is 6.58 Å². The van der Waals surface area contributed by atoms with E-state index in [0.717, 1.165) is 12.2 Å². The number of amides is 1. The lowest BCUT2D eigenvalue weighted by molar-refractivity contribution is 0.0754. The molecule has 0 aliphatic carbocycles. The van der Waals surface area contributed by atoms with Gasteiger partial charge in [-0.2, -0.15) is 0 Å². The van der Waals surface area contributed by atoms with E-state index in [2.05, 4.69) is 23.3 Å². The average Bonchev–Trinajstić information content (AvgIpc) is 3.09. The Labute approximate surface area is 153 Å². The second-order valence-electron chi connectivity index (χ2n) is 6.07. The van der Waals surface area contributed by atoms with Crippen LogP contribution in [0.1, 0.15) is 21.6 Å². The Morgan fingerprint density at radius 3 is 2.50 bits per heavy atom. The van der Waals surface area contributed by atoms with Gasteiger partial charge in [0.2, 0.25) is 0 Å². The molecule has 3 rings (SSSR count). The summed E-state index contributed by atoms with van der Waals surface area (Å²) in [6, 6.07) is 20.1. The highest BCUT2D eigenvalue weighted by Crippen LogP contribution is 2.15. The molecular weight excluding hydrogens is 327 g/mol. The Kier molecular flexibility index (Phi) is 5.64. The topological polar surface area (TPSA) is 25.2 Å². The zero-order valence-electron chi connectivity index (χ0n) is 14.5. The second-order valence-corrected chi connectivity index (χ2v) is 6.07. The van der Waals surface area contributed by atoms with Gasteiger partial charge in [-0.25, -0.2) is 4.39 Å². The third-order valence-corrected chi connectivity index (χ3v) is 4.21. The van der Waals surface area contributed by atoms with E-state index >= 15 is 0 Å². The number of hydrogen-bond acceptors (Lipinski definition) is 1. The standard InChI is InChI=1S/C22H21FN2O/c1-2-14-25(22(26)20-12-6-7-13-21(20)23)17-19-11-8-15-24(19)16-18-9-4-3-5-10-18/h2-13,15H,1,14,16-17H2. The molecule has 1 amide bonds. The molecule has 0 fully saturated rings. The summed E-state index contributed by atoms with van der Waals surface area (Å²) in [5.41, 5.74) is 2.25. The molecule has 3 aromatic rings. The molecule has 1 aromatic heterocycles. The number of nitrogens with zero attached hydrogens (tertiary/aromatic N) is 2. The van der Waals surface area contributed by atoms with Gasteiger partial charge in [-0.3, -0.25) is 4.79 Å². The molecule has 0 bridgehead atoms. The van der Waals surface area contributed by atoms with Gasteiger partial charge in [0.15, 0.2) is 0 Å². The van der Waals surface area contributed by atoms with Crippen molar-refractivity contribution in [3.05, 3.63) is 108 Å². The molecule has 0 N–H and O–H groups in total. The molecule has 2 aromatic carbocycles. The third kappa shape index (κ3) is 4.09. The summed E-state index contributed by atoms with van der Waals surface area (Å²) >= 11 is 0. The highest BCUT2D eigenvalue weighted by molar-refractivity contribution is 5.94. The first-order valence-electron chi connectivity index (χ1n) is 8.51. The first-order valence-corrected chi connectivity index (χ1v) is 8.51. The van der Waals surface area contributed by atoms with Crippen molar-refractivity contribution >= 4 is 5.91 Å². The van der Waals surface area contributed by atoms with Crippen molar-refractivity contribution in [1.29, 1.82) is 0 Å². The maximum atomic E-state index is 14.0. The number of hydrogen-bond donors (Lipinski definition) is 0. The Morgan fingerprint density at radius 1 is 1.04 bits per heavy atom. The Hall–Kier alpha value is -3.14. The van der Waals surface area contributed by atoms with Crippen LogP contribution in [-0.2, 0) is 13.1 Å². The van der Waals surface area contributed by atoms with E-state index in [0.29, 0.717) is 13.1 Å². The van der Waals surface area contributed by atoms with Crippen LogP contribution in [-0.4, -0.2) is 21.9 Å². The van der Waals surface area contributed by atoms with E-state index in [-0.39, 0.29) is 11.5 Å². The predicted octanol–water partition coefficient (Wildman–Crippen LogP) is 4.50. The van der Waals surface area contributed by atoms with Crippen molar-refractivity contribution < 1.29 is 9.18 Å². The van der Waals surface area contributed by atoms with Gasteiger partial charge < -0.3 is 9.47 Å². The normalized spacial score (nSPS) is 10.5. The molecule has 0 aliphatic rings. The van der Waals surface area contributed by atoms with Crippen molar-refractivity contribution in [2.24, 2.45) is 0 Å². The minimum Gasteiger partial charge on any atom is -0.345 e. The van der Waals surface area contributed by atoms with Crippen LogP contribution in [0, 0.1) is 5.82 Å². The summed E-state index contributed by atoms with van der Waals surface area (Å²) in [5, 5.41) is 0. The molecule has 132 valence electrons. The van der Waals surface area contributed by atoms with Gasteiger partial charge in [0.25, 0.3) is 5.91 Å². The van der Waals surface area contributed by atoms with E-state index in [9.17, 15) is 9.18 Å². The Morgan fingerprint density at radius 2 is 1.77 bits per heavy atom. The lowest BCUT2D eigenvalue weighted by atomic mass is 10.1. The quantitative estimate of drug-likeness (QED) is 0.577. The van der Waals surface area contributed by atoms with Gasteiger partial charge in [0.05, 0.1) is 12.1 Å². The minimum absolute atomic E-state index is 0.0792. The molecule has 26 heavy (non-hydrogen) atoms. The number of rotatable bonds is 7. The summed E-state index contributed by atoms with van der Waals surface area (Å²) in [4.78, 5) is 14.4. The number of benzene rings is 2. The molecule has 0 saturated heterocycles. The summed E-state index contributed by atoms with van der Waals surface area (Å²) < 4.78 is 16.1. The number of halogens is 1. The van der Waals surface area contributed by atoms with Crippen LogP contribution in [0.3, 0.4) is 0 Å². The van der Waals surface area contributed by atoms with Crippen LogP contribution >= 0.6 is 0 Å². The molecule has 0 aliphatic heterocycles. The number of carbonyl (C=O) groups is 1. The maximum absolute atomic E-state index is 14.0. The lowest BCUT2D eigenvalue weighted by Gasteiger charge is -2.22. The third-order valence-electron chi connectivity index (χ3n) is 4.21. The van der Waals surface area contributed by atoms with Crippen molar-refractivity contribution in [2.75, 3.05) is 6.54 Å². The zero-order valence-corrected chi connectivity index (χ0v) is 14.5. The van der Waals surface area contributed by atoms with E-state index in [1.807, 2.05) is 36.5 Å². The highest BCUT2D eigenvalue weighted by Gasteiger charge is 2.19. The van der Waals surface area contributed by atoms with E-state index in [1.54, 1.807) is 23.1 Å². The summed E-state index contributed by atoms with van der Waals surface area (Å²) in [5.74, 6) is -0.846. The SMILES string of the molecule is C=CCN(Cc1cccn1Cc1ccccc1)C(=O)c1ccccc1F. The summed E-state index contributed by atoms with van der Waals surface area (Å²) in [6.45, 7) is 5.18. The van der Waals surface area contributed by atoms with E-state index in [1.165, 1.54) is 17.7 Å². The molecule has 0 radical (unpaired) electrons. The molecule has 3 nitrogen and oxygen atoms in total. The Bertz CT molecular complexity index is 886. The minimum atomic E-state index is -0.508. The summed E-state index contributed by atoms with van der Waals surface area (Å²) in [6.07, 6.45) is 3.64. The largest absolute Gasteiger partial charge is 0.345 e. The zero-order chi connectivity index (χ0) is 18.4. The fourth-order valence-electron chi connectivity index (χ4n) is 2.90. The predicted molar refractivity (Wildman–Crippen MR) is 101 cm³/mol. The monoisotopic (exact) mass is 348 g/mol. The number of carbonyl (C=O) groups excluding carboxylic acids is 1. The second kappa shape index (κ2) is 8.30. The average molecular weight is 348 g/mol. The van der Waals surface area contributed by atoms with Gasteiger partial charge >= 0.3 is 0 Å². The molecule has 0 saturated carbocycles. The van der Waals surface area contributed by atoms with Crippen molar-refractivity contribution in [3.8, 4) is 0 Å². The van der Waals surface area contributed by atoms with Crippen molar-refractivity contribution in [1.82, 2.24) is 9.47 Å². The fraction of sp³-hybridized carbons (Fsp3) is 0.136. The fourth-order valence-corrected chi connectivity index (χ4v) is 2.90. The first kappa shape index (κ1) is 17.7. The maximum Gasteiger partial charge on any atom is 0.257 e. The molecular formula is C22H21FN2O. The van der Waals surface area contributed by atoms with Gasteiger partial charge in [0, 0.05) is 25.0 Å². The molecule has 0 atom stereocenters. The van der Waals surface area contributed by atoms with Gasteiger partial charge in [-0.05, 0) is 29.8 Å². The van der Waals surface area contributed by atoms with Gasteiger partial charge in [0.1, 0.15) is 5.82 Å². The molecule has 0 spiro atoms. The molecule has 4 heteroatoms. The highest BCUT2D eigenvalue weighted by atomic mass is 19.1. The molecule has 0 unspecified atom stereocenters. The van der Waals surface area contributed by atoms with Gasteiger partial charge in [-0.1, -0.05) is 48.5 Å². The lowest BCUT2D eigenvalue weighted by Crippen LogP contribution is -2.32. The van der Waals surface area contributed by atoms with Crippen LogP contribution in [0.5, 0.6) is 0 Å². The van der Waals surface area contributed by atoms with Crippen molar-refractivity contribution in [2.45, 2.75) is 13.1 Å². The van der Waals surface area contributed by atoms with Crippen LogP contribution < -0.4 is 0 Å². The smallest absolute Gasteiger partial charge is 0.257 e. The van der Waals surface area contributed by atoms with Crippen LogP contribution in [0.15, 0.2) is 85.6 Å². The van der Waals surface area contributed by atoms with Crippen molar-refractivity contribution in [3.63, 3.8) is 0 Å². The van der Waals surface area contributed by atoms with E-state index in [4.69, 9.17) is 0 Å². The van der Waals surface area contributed by atoms with Crippen LogP contribution in [0.25, 0.3) is 0 Å². The molecule has 1 heterocycles. The first-order chi connectivity index (χ1) is 12.7. The van der Waals surface area contributed by atoms with Crippen LogP contribution in [0.4, 0.5) is 4.39 Å². The Balaban J connectivity index is 1.81. The number of aromatic nitrogens is 1. The summed E-state index contributed by atoms with van der Waals surface area (Å²) in [7, 11) is 0. The van der Waals surface area contributed by atoms with E-state index < -0.39 is 5.82 Å².